The average molecular weight is 444 g/mol. The van der Waals surface area contributed by atoms with Gasteiger partial charge in [-0.2, -0.15) is 5.10 Å². The van der Waals surface area contributed by atoms with Crippen LogP contribution in [0.4, 0.5) is 17.2 Å². The molecule has 2 aromatic heterocycles. The van der Waals surface area contributed by atoms with E-state index in [4.69, 9.17) is 9.97 Å². The maximum atomic E-state index is 11.5. The van der Waals surface area contributed by atoms with Crippen molar-refractivity contribution in [3.05, 3.63) is 54.7 Å². The standard InChI is InChI=1S/C24H25N7O2/c1-15(32)27-17-5-3-6-18(13-17)28-23-21-14-26-31(19-8-10-25-11-9-19)24(21)30-22(29-23)16-4-2-7-20(33)12-16/h2-7,12-14,19,25,33H,8-11H2,1H3,(H,27,32)(H,28,29,30). The van der Waals surface area contributed by atoms with E-state index < -0.39 is 0 Å². The lowest BCUT2D eigenvalue weighted by atomic mass is 10.1. The summed E-state index contributed by atoms with van der Waals surface area (Å²) in [7, 11) is 0. The predicted molar refractivity (Wildman–Crippen MR) is 128 cm³/mol. The Morgan fingerprint density at radius 1 is 1.09 bits per heavy atom. The Morgan fingerprint density at radius 2 is 1.88 bits per heavy atom. The molecule has 0 bridgehead atoms. The zero-order valence-corrected chi connectivity index (χ0v) is 18.2. The molecule has 4 aromatic rings. The van der Waals surface area contributed by atoms with Gasteiger partial charge in [0.15, 0.2) is 11.5 Å². The number of phenolic OH excluding ortho intramolecular Hbond substituents is 1. The third kappa shape index (κ3) is 4.49. The Hall–Kier alpha value is -3.98. The van der Waals surface area contributed by atoms with Crippen LogP contribution in [0.5, 0.6) is 5.75 Å². The fourth-order valence-electron chi connectivity index (χ4n) is 4.13. The minimum Gasteiger partial charge on any atom is -0.508 e. The fraction of sp³-hybridized carbons (Fsp3) is 0.250. The maximum absolute atomic E-state index is 11.5. The lowest BCUT2D eigenvalue weighted by Crippen LogP contribution is -2.30. The molecule has 5 rings (SSSR count). The van der Waals surface area contributed by atoms with Gasteiger partial charge in [0.05, 0.1) is 17.6 Å². The van der Waals surface area contributed by atoms with E-state index in [0.717, 1.165) is 42.7 Å². The van der Waals surface area contributed by atoms with Crippen molar-refractivity contribution >= 4 is 34.1 Å². The molecule has 3 heterocycles. The fourth-order valence-corrected chi connectivity index (χ4v) is 4.13. The van der Waals surface area contributed by atoms with Crippen LogP contribution >= 0.6 is 0 Å². The van der Waals surface area contributed by atoms with Gasteiger partial charge in [0.2, 0.25) is 5.91 Å². The second kappa shape index (κ2) is 8.87. The van der Waals surface area contributed by atoms with E-state index in [9.17, 15) is 9.90 Å². The Morgan fingerprint density at radius 3 is 2.67 bits per heavy atom. The molecule has 0 aliphatic carbocycles. The van der Waals surface area contributed by atoms with Gasteiger partial charge in [-0.1, -0.05) is 18.2 Å². The molecule has 1 aliphatic rings. The van der Waals surface area contributed by atoms with Crippen LogP contribution in [-0.2, 0) is 4.79 Å². The Labute approximate surface area is 190 Å². The highest BCUT2D eigenvalue weighted by Crippen LogP contribution is 2.31. The summed E-state index contributed by atoms with van der Waals surface area (Å²) < 4.78 is 1.99. The number of aromatic hydroxyl groups is 1. The molecular formula is C24H25N7O2. The number of aromatic nitrogens is 4. The van der Waals surface area contributed by atoms with Crippen molar-refractivity contribution in [1.29, 1.82) is 0 Å². The summed E-state index contributed by atoms with van der Waals surface area (Å²) in [6, 6.07) is 14.6. The van der Waals surface area contributed by atoms with E-state index in [1.165, 1.54) is 6.92 Å². The van der Waals surface area contributed by atoms with Gasteiger partial charge in [-0.05, 0) is 56.3 Å². The van der Waals surface area contributed by atoms with E-state index in [2.05, 4.69) is 21.0 Å². The number of phenols is 1. The molecule has 0 saturated carbocycles. The van der Waals surface area contributed by atoms with Crippen LogP contribution in [0, 0.1) is 0 Å². The largest absolute Gasteiger partial charge is 0.508 e. The first-order chi connectivity index (χ1) is 16.1. The highest BCUT2D eigenvalue weighted by Gasteiger charge is 2.21. The number of carbonyl (C=O) groups is 1. The van der Waals surface area contributed by atoms with E-state index in [0.29, 0.717) is 22.9 Å². The first-order valence-electron chi connectivity index (χ1n) is 11.0. The minimum atomic E-state index is -0.133. The van der Waals surface area contributed by atoms with Crippen molar-refractivity contribution < 1.29 is 9.90 Å². The summed E-state index contributed by atoms with van der Waals surface area (Å²) in [5.41, 5.74) is 2.93. The number of hydrogen-bond acceptors (Lipinski definition) is 7. The summed E-state index contributed by atoms with van der Waals surface area (Å²) >= 11 is 0. The highest BCUT2D eigenvalue weighted by atomic mass is 16.3. The Kier molecular flexibility index (Phi) is 5.62. The van der Waals surface area contributed by atoms with Crippen LogP contribution in [-0.4, -0.2) is 43.9 Å². The van der Waals surface area contributed by atoms with Crippen LogP contribution in [0.2, 0.25) is 0 Å². The normalized spacial score (nSPS) is 14.3. The molecular weight excluding hydrogens is 418 g/mol. The van der Waals surface area contributed by atoms with Gasteiger partial charge in [-0.3, -0.25) is 4.79 Å². The Balaban J connectivity index is 1.61. The lowest BCUT2D eigenvalue weighted by molar-refractivity contribution is -0.114. The van der Waals surface area contributed by atoms with Crippen LogP contribution in [0.15, 0.2) is 54.7 Å². The molecule has 0 spiro atoms. The summed E-state index contributed by atoms with van der Waals surface area (Å²) in [4.78, 5) is 21.1. The molecule has 9 nitrogen and oxygen atoms in total. The number of carbonyl (C=O) groups excluding carboxylic acids is 1. The molecule has 4 N–H and O–H groups in total. The minimum absolute atomic E-state index is 0.133. The van der Waals surface area contributed by atoms with Gasteiger partial charge in [0.1, 0.15) is 11.6 Å². The number of anilines is 3. The highest BCUT2D eigenvalue weighted by molar-refractivity contribution is 5.92. The first kappa shape index (κ1) is 20.9. The maximum Gasteiger partial charge on any atom is 0.221 e. The van der Waals surface area contributed by atoms with Crippen molar-refractivity contribution in [3.63, 3.8) is 0 Å². The molecule has 0 atom stereocenters. The van der Waals surface area contributed by atoms with Crippen molar-refractivity contribution in [1.82, 2.24) is 25.1 Å². The van der Waals surface area contributed by atoms with Crippen molar-refractivity contribution in [2.45, 2.75) is 25.8 Å². The quantitative estimate of drug-likeness (QED) is 0.370. The second-order valence-corrected chi connectivity index (χ2v) is 8.14. The number of nitrogens with one attached hydrogen (secondary N) is 3. The molecule has 33 heavy (non-hydrogen) atoms. The summed E-state index contributed by atoms with van der Waals surface area (Å²) in [5, 5.41) is 25.0. The number of piperidine rings is 1. The van der Waals surface area contributed by atoms with Crippen molar-refractivity contribution in [2.24, 2.45) is 0 Å². The smallest absolute Gasteiger partial charge is 0.221 e. The summed E-state index contributed by atoms with van der Waals surface area (Å²) in [5.74, 6) is 1.12. The van der Waals surface area contributed by atoms with Gasteiger partial charge in [0.25, 0.3) is 0 Å². The van der Waals surface area contributed by atoms with Crippen LogP contribution in [0.25, 0.3) is 22.4 Å². The molecule has 0 unspecified atom stereocenters. The average Bonchev–Trinajstić information content (AvgIpc) is 3.24. The molecule has 0 radical (unpaired) electrons. The van der Waals surface area contributed by atoms with E-state index >= 15 is 0 Å². The zero-order valence-electron chi connectivity index (χ0n) is 18.2. The molecule has 168 valence electrons. The van der Waals surface area contributed by atoms with Gasteiger partial charge >= 0.3 is 0 Å². The topological polar surface area (TPSA) is 117 Å². The molecule has 1 saturated heterocycles. The number of rotatable bonds is 5. The number of nitrogens with zero attached hydrogens (tertiary/aromatic N) is 4. The third-order valence-electron chi connectivity index (χ3n) is 5.66. The summed E-state index contributed by atoms with van der Waals surface area (Å²) in [6.45, 7) is 3.36. The van der Waals surface area contributed by atoms with Gasteiger partial charge in [0, 0.05) is 23.9 Å². The molecule has 9 heteroatoms. The molecule has 1 fully saturated rings. The molecule has 1 aliphatic heterocycles. The van der Waals surface area contributed by atoms with Crippen molar-refractivity contribution in [2.75, 3.05) is 23.7 Å². The lowest BCUT2D eigenvalue weighted by Gasteiger charge is -2.23. The predicted octanol–water partition coefficient (Wildman–Crippen LogP) is 3.83. The molecule has 1 amide bonds. The second-order valence-electron chi connectivity index (χ2n) is 8.14. The number of hydrogen-bond donors (Lipinski definition) is 4. The van der Waals surface area contributed by atoms with Crippen LogP contribution in [0.3, 0.4) is 0 Å². The Bertz CT molecular complexity index is 1310. The third-order valence-corrected chi connectivity index (χ3v) is 5.66. The van der Waals surface area contributed by atoms with Gasteiger partial charge in [-0.15, -0.1) is 0 Å². The van der Waals surface area contributed by atoms with Crippen LogP contribution in [0.1, 0.15) is 25.8 Å². The zero-order chi connectivity index (χ0) is 22.8. The van der Waals surface area contributed by atoms with Gasteiger partial charge < -0.3 is 21.1 Å². The number of benzene rings is 2. The molecule has 2 aromatic carbocycles. The van der Waals surface area contributed by atoms with E-state index in [-0.39, 0.29) is 17.7 Å². The van der Waals surface area contributed by atoms with Gasteiger partial charge in [-0.25, -0.2) is 14.6 Å². The van der Waals surface area contributed by atoms with E-state index in [1.54, 1.807) is 24.4 Å². The number of amides is 1. The SMILES string of the molecule is CC(=O)Nc1cccc(Nc2nc(-c3cccc(O)c3)nc3c2cnn3C2CCNCC2)c1. The van der Waals surface area contributed by atoms with E-state index in [1.807, 2.05) is 35.0 Å². The number of fused-ring (bicyclic) bond motifs is 1. The van der Waals surface area contributed by atoms with Crippen molar-refractivity contribution in [3.8, 4) is 17.1 Å². The summed E-state index contributed by atoms with van der Waals surface area (Å²) in [6.07, 6.45) is 3.75. The first-order valence-corrected chi connectivity index (χ1v) is 11.0. The van der Waals surface area contributed by atoms with Crippen LogP contribution < -0.4 is 16.0 Å². The monoisotopic (exact) mass is 443 g/mol.